The van der Waals surface area contributed by atoms with Gasteiger partial charge in [0.05, 0.1) is 10.6 Å². The smallest absolute Gasteiger partial charge is 0.264 e. The molecule has 116 valence electrons. The number of nitrogens with zero attached hydrogens (tertiary/aromatic N) is 2. The minimum absolute atomic E-state index is 0.0796. The maximum atomic E-state index is 12.8. The van der Waals surface area contributed by atoms with Crippen LogP contribution < -0.4 is 4.31 Å². The Bertz CT molecular complexity index is 758. The van der Waals surface area contributed by atoms with Crippen LogP contribution in [0.15, 0.2) is 53.7 Å². The van der Waals surface area contributed by atoms with E-state index in [1.54, 1.807) is 50.5 Å². The first kappa shape index (κ1) is 16.2. The molecule has 0 N–H and O–H groups in total. The number of Topliss-reactive ketones (excluding diaryl/α,β-unsaturated/α-hetero) is 1. The number of rotatable bonds is 6. The molecule has 0 saturated heterocycles. The van der Waals surface area contributed by atoms with Gasteiger partial charge >= 0.3 is 0 Å². The predicted molar refractivity (Wildman–Crippen MR) is 85.5 cm³/mol. The predicted octanol–water partition coefficient (Wildman–Crippen LogP) is 2.89. The lowest BCUT2D eigenvalue weighted by Crippen LogP contribution is -2.30. The summed E-state index contributed by atoms with van der Waals surface area (Å²) in [5, 5.41) is 0. The van der Waals surface area contributed by atoms with Crippen LogP contribution in [0.2, 0.25) is 0 Å². The van der Waals surface area contributed by atoms with Gasteiger partial charge in [-0.05, 0) is 31.2 Å². The van der Waals surface area contributed by atoms with E-state index < -0.39 is 10.0 Å². The fourth-order valence-corrected chi connectivity index (χ4v) is 3.68. The molecule has 0 bridgehead atoms. The number of aromatic nitrogens is 1. The summed E-state index contributed by atoms with van der Waals surface area (Å²) in [6.45, 7) is 3.80. The monoisotopic (exact) mass is 318 g/mol. The van der Waals surface area contributed by atoms with Crippen molar-refractivity contribution in [2.45, 2.75) is 25.2 Å². The Hall–Kier alpha value is -2.21. The molecule has 0 saturated carbocycles. The fourth-order valence-electron chi connectivity index (χ4n) is 2.16. The van der Waals surface area contributed by atoms with Crippen LogP contribution in [-0.2, 0) is 10.0 Å². The quantitative estimate of drug-likeness (QED) is 0.768. The van der Waals surface area contributed by atoms with E-state index in [4.69, 9.17) is 0 Å². The number of sulfonamides is 1. The van der Waals surface area contributed by atoms with E-state index in [9.17, 15) is 13.2 Å². The highest BCUT2D eigenvalue weighted by molar-refractivity contribution is 7.92. The van der Waals surface area contributed by atoms with Gasteiger partial charge in [-0.15, -0.1) is 0 Å². The molecule has 22 heavy (non-hydrogen) atoms. The molecule has 0 atom stereocenters. The van der Waals surface area contributed by atoms with E-state index in [1.807, 2.05) is 0 Å². The molecule has 0 amide bonds. The van der Waals surface area contributed by atoms with Crippen LogP contribution in [-0.4, -0.2) is 25.7 Å². The number of hydrogen-bond acceptors (Lipinski definition) is 4. The van der Waals surface area contributed by atoms with E-state index in [0.29, 0.717) is 17.7 Å². The highest BCUT2D eigenvalue weighted by Crippen LogP contribution is 2.23. The van der Waals surface area contributed by atoms with Crippen LogP contribution in [0.5, 0.6) is 0 Å². The first-order valence-electron chi connectivity index (χ1n) is 7.06. The second-order valence-electron chi connectivity index (χ2n) is 4.68. The van der Waals surface area contributed by atoms with Crippen molar-refractivity contribution in [2.75, 3.05) is 10.8 Å². The molecule has 1 aromatic heterocycles. The Balaban J connectivity index is 2.47. The molecule has 2 aromatic rings. The molecule has 1 aromatic carbocycles. The summed E-state index contributed by atoms with van der Waals surface area (Å²) in [5.41, 5.74) is 0.957. The Morgan fingerprint density at radius 1 is 1.14 bits per heavy atom. The van der Waals surface area contributed by atoms with Crippen molar-refractivity contribution in [3.05, 3.63) is 54.4 Å². The first-order chi connectivity index (χ1) is 10.5. The molecule has 0 aliphatic carbocycles. The minimum Gasteiger partial charge on any atom is -0.294 e. The van der Waals surface area contributed by atoms with Gasteiger partial charge in [0.15, 0.2) is 5.78 Å². The first-order valence-corrected chi connectivity index (χ1v) is 8.50. The number of pyridine rings is 1. The van der Waals surface area contributed by atoms with E-state index in [0.717, 1.165) is 0 Å². The third kappa shape index (κ3) is 3.17. The van der Waals surface area contributed by atoms with Gasteiger partial charge in [0.2, 0.25) is 0 Å². The maximum Gasteiger partial charge on any atom is 0.264 e. The molecule has 0 unspecified atom stereocenters. The summed E-state index contributed by atoms with van der Waals surface area (Å²) < 4.78 is 26.9. The summed E-state index contributed by atoms with van der Waals surface area (Å²) in [6.07, 6.45) is 3.43. The Labute approximate surface area is 130 Å². The van der Waals surface area contributed by atoms with Gasteiger partial charge in [-0.3, -0.25) is 14.1 Å². The number of benzene rings is 1. The van der Waals surface area contributed by atoms with Crippen LogP contribution >= 0.6 is 0 Å². The third-order valence-corrected chi connectivity index (χ3v) is 5.20. The number of ketones is 1. The van der Waals surface area contributed by atoms with Crippen molar-refractivity contribution >= 4 is 21.5 Å². The standard InChI is InChI=1S/C16H18N2O3S/c1-3-16(19)13-6-5-7-15(12-13)22(20,21)18(4-2)14-8-10-17-11-9-14/h5-12H,3-4H2,1-2H3. The molecule has 1 heterocycles. The Morgan fingerprint density at radius 3 is 2.41 bits per heavy atom. The average molecular weight is 318 g/mol. The van der Waals surface area contributed by atoms with E-state index in [-0.39, 0.29) is 17.2 Å². The van der Waals surface area contributed by atoms with Crippen molar-refractivity contribution in [3.8, 4) is 0 Å². The van der Waals surface area contributed by atoms with Gasteiger partial charge in [-0.25, -0.2) is 8.42 Å². The number of carbonyl (C=O) groups excluding carboxylic acids is 1. The van der Waals surface area contributed by atoms with E-state index >= 15 is 0 Å². The van der Waals surface area contributed by atoms with Crippen LogP contribution in [0.3, 0.4) is 0 Å². The summed E-state index contributed by atoms with van der Waals surface area (Å²) >= 11 is 0. The van der Waals surface area contributed by atoms with Crippen LogP contribution in [0.25, 0.3) is 0 Å². The van der Waals surface area contributed by atoms with Gasteiger partial charge in [0.1, 0.15) is 0 Å². The van der Waals surface area contributed by atoms with Crippen molar-refractivity contribution in [2.24, 2.45) is 0 Å². The molecule has 0 fully saturated rings. The number of hydrogen-bond donors (Lipinski definition) is 0. The Morgan fingerprint density at radius 2 is 1.82 bits per heavy atom. The zero-order valence-electron chi connectivity index (χ0n) is 12.6. The van der Waals surface area contributed by atoms with Gasteiger partial charge in [0.25, 0.3) is 10.0 Å². The molecule has 0 aliphatic rings. The zero-order valence-corrected chi connectivity index (χ0v) is 13.4. The summed E-state index contributed by atoms with van der Waals surface area (Å²) in [7, 11) is -3.72. The van der Waals surface area contributed by atoms with Crippen molar-refractivity contribution < 1.29 is 13.2 Å². The molecule has 2 rings (SSSR count). The maximum absolute atomic E-state index is 12.8. The number of carbonyl (C=O) groups is 1. The molecular weight excluding hydrogens is 300 g/mol. The fraction of sp³-hybridized carbons (Fsp3) is 0.250. The second kappa shape index (κ2) is 6.70. The molecular formula is C16H18N2O3S. The van der Waals surface area contributed by atoms with Gasteiger partial charge in [0, 0.05) is 30.9 Å². The van der Waals surface area contributed by atoms with Gasteiger partial charge in [-0.2, -0.15) is 0 Å². The van der Waals surface area contributed by atoms with Crippen LogP contribution in [0.4, 0.5) is 5.69 Å². The lowest BCUT2D eigenvalue weighted by molar-refractivity contribution is 0.0988. The SMILES string of the molecule is CCC(=O)c1cccc(S(=O)(=O)N(CC)c2ccncc2)c1. The number of anilines is 1. The molecule has 6 heteroatoms. The Kier molecular flexibility index (Phi) is 4.92. The lowest BCUT2D eigenvalue weighted by atomic mass is 10.1. The second-order valence-corrected chi connectivity index (χ2v) is 6.54. The normalized spacial score (nSPS) is 11.2. The summed E-state index contributed by atoms with van der Waals surface area (Å²) in [5.74, 6) is -0.0796. The molecule has 0 spiro atoms. The van der Waals surface area contributed by atoms with E-state index in [2.05, 4.69) is 4.98 Å². The summed E-state index contributed by atoms with van der Waals surface area (Å²) in [4.78, 5) is 15.8. The highest BCUT2D eigenvalue weighted by atomic mass is 32.2. The minimum atomic E-state index is -3.72. The topological polar surface area (TPSA) is 67.3 Å². The largest absolute Gasteiger partial charge is 0.294 e. The highest BCUT2D eigenvalue weighted by Gasteiger charge is 2.24. The molecule has 5 nitrogen and oxygen atoms in total. The zero-order chi connectivity index (χ0) is 16.2. The van der Waals surface area contributed by atoms with E-state index in [1.165, 1.54) is 16.4 Å². The van der Waals surface area contributed by atoms with Crippen LogP contribution in [0, 0.1) is 0 Å². The average Bonchev–Trinajstić information content (AvgIpc) is 2.55. The van der Waals surface area contributed by atoms with Crippen molar-refractivity contribution in [3.63, 3.8) is 0 Å². The van der Waals surface area contributed by atoms with Gasteiger partial charge in [-0.1, -0.05) is 19.1 Å². The molecule has 0 radical (unpaired) electrons. The van der Waals surface area contributed by atoms with Crippen LogP contribution in [0.1, 0.15) is 30.6 Å². The third-order valence-electron chi connectivity index (χ3n) is 3.30. The van der Waals surface area contributed by atoms with Gasteiger partial charge < -0.3 is 0 Å². The molecule has 0 aliphatic heterocycles. The van der Waals surface area contributed by atoms with Crippen molar-refractivity contribution in [1.82, 2.24) is 4.98 Å². The summed E-state index contributed by atoms with van der Waals surface area (Å²) in [6, 6.07) is 9.45. The van der Waals surface area contributed by atoms with Crippen molar-refractivity contribution in [1.29, 1.82) is 0 Å². The lowest BCUT2D eigenvalue weighted by Gasteiger charge is -2.22.